The number of ether oxygens (including phenoxy) is 1. The van der Waals surface area contributed by atoms with E-state index in [2.05, 4.69) is 31.2 Å². The van der Waals surface area contributed by atoms with Gasteiger partial charge >= 0.3 is 0 Å². The van der Waals surface area contributed by atoms with Crippen LogP contribution in [0.1, 0.15) is 17.3 Å². The van der Waals surface area contributed by atoms with Crippen LogP contribution in [0.2, 0.25) is 0 Å². The molecule has 0 saturated carbocycles. The first-order valence-electron chi connectivity index (χ1n) is 5.94. The molecule has 0 saturated heterocycles. The van der Waals surface area contributed by atoms with Crippen LogP contribution in [0.4, 0.5) is 5.95 Å². The monoisotopic (exact) mass is 336 g/mol. The normalized spacial score (nSPS) is 10.1. The van der Waals surface area contributed by atoms with Crippen molar-refractivity contribution in [3.8, 4) is 11.6 Å². The van der Waals surface area contributed by atoms with Crippen LogP contribution in [0.25, 0.3) is 0 Å². The van der Waals surface area contributed by atoms with E-state index in [0.717, 1.165) is 0 Å². The molecule has 7 heteroatoms. The van der Waals surface area contributed by atoms with Gasteiger partial charge in [0, 0.05) is 12.1 Å². The molecule has 0 spiro atoms. The van der Waals surface area contributed by atoms with E-state index in [0.29, 0.717) is 34.2 Å². The second-order valence-electron chi connectivity index (χ2n) is 3.87. The average Bonchev–Trinajstić information content (AvgIpc) is 2.43. The molecule has 0 fully saturated rings. The number of carbonyl (C=O) groups is 1. The van der Waals surface area contributed by atoms with Crippen LogP contribution in [0, 0.1) is 0 Å². The number of benzene rings is 1. The second-order valence-corrected chi connectivity index (χ2v) is 4.72. The molecule has 1 amide bonds. The van der Waals surface area contributed by atoms with Gasteiger partial charge in [0.25, 0.3) is 0 Å². The van der Waals surface area contributed by atoms with E-state index in [1.165, 1.54) is 0 Å². The fraction of sp³-hybridized carbons (Fsp3) is 0.154. The Morgan fingerprint density at radius 3 is 2.70 bits per heavy atom. The molecule has 0 aliphatic rings. The summed E-state index contributed by atoms with van der Waals surface area (Å²) < 4.78 is 6.28. The highest BCUT2D eigenvalue weighted by Crippen LogP contribution is 2.27. The fourth-order valence-electron chi connectivity index (χ4n) is 1.47. The number of hydrogen-bond acceptors (Lipinski definition) is 5. The van der Waals surface area contributed by atoms with Crippen LogP contribution < -0.4 is 15.8 Å². The van der Waals surface area contributed by atoms with Gasteiger partial charge in [0.15, 0.2) is 0 Å². The van der Waals surface area contributed by atoms with E-state index in [4.69, 9.17) is 10.5 Å². The summed E-state index contributed by atoms with van der Waals surface area (Å²) in [5, 5.41) is 3.00. The minimum atomic E-state index is -0.478. The highest BCUT2D eigenvalue weighted by Gasteiger charge is 2.08. The maximum atomic E-state index is 11.0. The van der Waals surface area contributed by atoms with Gasteiger partial charge in [-0.1, -0.05) is 0 Å². The third-order valence-corrected chi connectivity index (χ3v) is 2.94. The quantitative estimate of drug-likeness (QED) is 0.875. The molecule has 0 bridgehead atoms. The Balaban J connectivity index is 2.20. The molecular weight excluding hydrogens is 324 g/mol. The summed E-state index contributed by atoms with van der Waals surface area (Å²) in [7, 11) is 0. The molecule has 1 aromatic heterocycles. The van der Waals surface area contributed by atoms with Crippen molar-refractivity contribution in [2.45, 2.75) is 6.92 Å². The number of anilines is 1. The number of rotatable bonds is 5. The summed E-state index contributed by atoms with van der Waals surface area (Å²) in [5.74, 6) is 0.952. The Morgan fingerprint density at radius 1 is 1.40 bits per heavy atom. The van der Waals surface area contributed by atoms with Crippen LogP contribution in [-0.4, -0.2) is 22.4 Å². The minimum Gasteiger partial charge on any atom is -0.438 e. The summed E-state index contributed by atoms with van der Waals surface area (Å²) in [6.45, 7) is 2.67. The second kappa shape index (κ2) is 6.33. The molecule has 3 N–H and O–H groups in total. The molecule has 1 heterocycles. The molecule has 0 atom stereocenters. The highest BCUT2D eigenvalue weighted by atomic mass is 79.9. The van der Waals surface area contributed by atoms with Gasteiger partial charge in [-0.2, -0.15) is 4.98 Å². The first-order chi connectivity index (χ1) is 9.60. The smallest absolute Gasteiger partial charge is 0.248 e. The number of primary amides is 1. The number of halogens is 1. The Morgan fingerprint density at radius 2 is 2.10 bits per heavy atom. The summed E-state index contributed by atoms with van der Waals surface area (Å²) in [6, 6.07) is 6.50. The summed E-state index contributed by atoms with van der Waals surface area (Å²) in [6.07, 6.45) is 1.61. The van der Waals surface area contributed by atoms with Crippen molar-refractivity contribution in [3.05, 3.63) is 40.5 Å². The minimum absolute atomic E-state index is 0.391. The van der Waals surface area contributed by atoms with Gasteiger partial charge in [0.05, 0.1) is 10.7 Å². The molecule has 0 radical (unpaired) electrons. The lowest BCUT2D eigenvalue weighted by molar-refractivity contribution is 0.100. The third kappa shape index (κ3) is 3.45. The number of nitrogens with zero attached hydrogens (tertiary/aromatic N) is 2. The first kappa shape index (κ1) is 14.3. The van der Waals surface area contributed by atoms with Crippen molar-refractivity contribution in [1.29, 1.82) is 0 Å². The summed E-state index contributed by atoms with van der Waals surface area (Å²) in [4.78, 5) is 19.3. The maximum absolute atomic E-state index is 11.0. The topological polar surface area (TPSA) is 90.1 Å². The van der Waals surface area contributed by atoms with Crippen molar-refractivity contribution in [1.82, 2.24) is 9.97 Å². The van der Waals surface area contributed by atoms with Gasteiger partial charge in [-0.15, -0.1) is 0 Å². The molecular formula is C13H13BrN4O2. The molecule has 20 heavy (non-hydrogen) atoms. The van der Waals surface area contributed by atoms with E-state index in [9.17, 15) is 4.79 Å². The predicted molar refractivity (Wildman–Crippen MR) is 78.9 cm³/mol. The SMILES string of the molecule is CCNc1ncc(Br)c(Oc2ccc(C(N)=O)cc2)n1. The molecule has 0 aliphatic carbocycles. The number of amides is 1. The van der Waals surface area contributed by atoms with Gasteiger partial charge < -0.3 is 15.8 Å². The highest BCUT2D eigenvalue weighted by molar-refractivity contribution is 9.10. The Kier molecular flexibility index (Phi) is 4.52. The van der Waals surface area contributed by atoms with Crippen LogP contribution >= 0.6 is 15.9 Å². The zero-order valence-corrected chi connectivity index (χ0v) is 12.3. The lowest BCUT2D eigenvalue weighted by atomic mass is 10.2. The van der Waals surface area contributed by atoms with Gasteiger partial charge in [-0.05, 0) is 47.1 Å². The number of aromatic nitrogens is 2. The van der Waals surface area contributed by atoms with Crippen molar-refractivity contribution in [3.63, 3.8) is 0 Å². The Bertz CT molecular complexity index is 616. The largest absolute Gasteiger partial charge is 0.438 e. The van der Waals surface area contributed by atoms with Crippen LogP contribution in [0.3, 0.4) is 0 Å². The van der Waals surface area contributed by atoms with E-state index >= 15 is 0 Å². The predicted octanol–water partition coefficient (Wildman–Crippen LogP) is 2.56. The average molecular weight is 337 g/mol. The third-order valence-electron chi connectivity index (χ3n) is 2.40. The van der Waals surface area contributed by atoms with E-state index in [1.54, 1.807) is 30.5 Å². The van der Waals surface area contributed by atoms with E-state index in [-0.39, 0.29) is 0 Å². The van der Waals surface area contributed by atoms with Crippen molar-refractivity contribution in [2.75, 3.05) is 11.9 Å². The van der Waals surface area contributed by atoms with Gasteiger partial charge in [0.1, 0.15) is 5.75 Å². The lowest BCUT2D eigenvalue weighted by Gasteiger charge is -2.08. The number of nitrogens with two attached hydrogens (primary N) is 1. The van der Waals surface area contributed by atoms with Crippen LogP contribution in [-0.2, 0) is 0 Å². The first-order valence-corrected chi connectivity index (χ1v) is 6.73. The maximum Gasteiger partial charge on any atom is 0.248 e. The Hall–Kier alpha value is -2.15. The summed E-state index contributed by atoms with van der Waals surface area (Å²) in [5.41, 5.74) is 5.60. The molecule has 1 aromatic carbocycles. The van der Waals surface area contributed by atoms with E-state index < -0.39 is 5.91 Å². The number of carbonyl (C=O) groups excluding carboxylic acids is 1. The van der Waals surface area contributed by atoms with Gasteiger partial charge in [0.2, 0.25) is 17.7 Å². The van der Waals surface area contributed by atoms with Crippen LogP contribution in [0.5, 0.6) is 11.6 Å². The van der Waals surface area contributed by atoms with Crippen LogP contribution in [0.15, 0.2) is 34.9 Å². The number of nitrogens with one attached hydrogen (secondary N) is 1. The molecule has 104 valence electrons. The number of hydrogen-bond donors (Lipinski definition) is 2. The lowest BCUT2D eigenvalue weighted by Crippen LogP contribution is -2.10. The zero-order chi connectivity index (χ0) is 14.5. The van der Waals surface area contributed by atoms with Crippen molar-refractivity contribution < 1.29 is 9.53 Å². The standard InChI is InChI=1S/C13H13BrN4O2/c1-2-16-13-17-7-10(14)12(18-13)20-9-5-3-8(4-6-9)11(15)19/h3-7H,2H2,1H3,(H2,15,19)(H,16,17,18). The molecule has 6 nitrogen and oxygen atoms in total. The van der Waals surface area contributed by atoms with Gasteiger partial charge in [-0.25, -0.2) is 4.98 Å². The van der Waals surface area contributed by atoms with E-state index in [1.807, 2.05) is 6.92 Å². The summed E-state index contributed by atoms with van der Waals surface area (Å²) >= 11 is 3.32. The van der Waals surface area contributed by atoms with Crippen molar-refractivity contribution >= 4 is 27.8 Å². The Labute approximate surface area is 124 Å². The fourth-order valence-corrected chi connectivity index (χ4v) is 1.74. The molecule has 2 aromatic rings. The zero-order valence-electron chi connectivity index (χ0n) is 10.8. The molecule has 0 aliphatic heterocycles. The van der Waals surface area contributed by atoms with Crippen molar-refractivity contribution in [2.24, 2.45) is 5.73 Å². The molecule has 0 unspecified atom stereocenters. The van der Waals surface area contributed by atoms with Gasteiger partial charge in [-0.3, -0.25) is 4.79 Å². The molecule has 2 rings (SSSR count).